The number of hydrogen-bond donors (Lipinski definition) is 1. The fourth-order valence-corrected chi connectivity index (χ4v) is 1.39. The molecule has 0 amide bonds. The topological polar surface area (TPSA) is 35.2 Å². The van der Waals surface area contributed by atoms with Gasteiger partial charge in [0, 0.05) is 6.04 Å². The molecule has 1 unspecified atom stereocenters. The van der Waals surface area contributed by atoms with Gasteiger partial charge in [0.25, 0.3) is 0 Å². The molecule has 0 saturated heterocycles. The average molecular weight is 221 g/mol. The van der Waals surface area contributed by atoms with Crippen LogP contribution in [0.1, 0.15) is 31.9 Å². The van der Waals surface area contributed by atoms with Gasteiger partial charge in [-0.2, -0.15) is 0 Å². The van der Waals surface area contributed by atoms with E-state index in [1.54, 1.807) is 0 Å². The van der Waals surface area contributed by atoms with E-state index in [0.29, 0.717) is 6.61 Å². The Bertz CT molecular complexity index is 352. The molecule has 2 nitrogen and oxygen atoms in total. The van der Waals surface area contributed by atoms with E-state index >= 15 is 0 Å². The maximum absolute atomic E-state index is 6.05. The van der Waals surface area contributed by atoms with Crippen LogP contribution < -0.4 is 10.5 Å². The van der Waals surface area contributed by atoms with Crippen molar-refractivity contribution in [1.29, 1.82) is 0 Å². The zero-order valence-electron chi connectivity index (χ0n) is 11.0. The molecule has 0 aliphatic heterocycles. The van der Waals surface area contributed by atoms with Crippen molar-refractivity contribution in [2.24, 2.45) is 11.1 Å². The molecule has 1 atom stereocenters. The van der Waals surface area contributed by atoms with Crippen LogP contribution in [-0.2, 0) is 0 Å². The molecule has 1 rings (SSSR count). The summed E-state index contributed by atoms with van der Waals surface area (Å²) < 4.78 is 5.76. The molecule has 0 saturated carbocycles. The van der Waals surface area contributed by atoms with E-state index in [9.17, 15) is 0 Å². The number of aryl methyl sites for hydroxylation is 2. The monoisotopic (exact) mass is 221 g/mol. The summed E-state index contributed by atoms with van der Waals surface area (Å²) >= 11 is 0. The largest absolute Gasteiger partial charge is 0.492 e. The van der Waals surface area contributed by atoms with Crippen molar-refractivity contribution in [1.82, 2.24) is 0 Å². The number of hydrogen-bond acceptors (Lipinski definition) is 2. The van der Waals surface area contributed by atoms with Crippen LogP contribution in [0.25, 0.3) is 0 Å². The molecule has 0 aliphatic rings. The Kier molecular flexibility index (Phi) is 3.98. The second-order valence-corrected chi connectivity index (χ2v) is 5.55. The highest BCUT2D eigenvalue weighted by Crippen LogP contribution is 2.22. The molecule has 2 N–H and O–H groups in total. The molecule has 0 aliphatic carbocycles. The van der Waals surface area contributed by atoms with Crippen LogP contribution in [0, 0.1) is 19.3 Å². The van der Waals surface area contributed by atoms with Gasteiger partial charge in [0.1, 0.15) is 12.4 Å². The summed E-state index contributed by atoms with van der Waals surface area (Å²) in [5, 5.41) is 0. The summed E-state index contributed by atoms with van der Waals surface area (Å²) in [5.41, 5.74) is 8.56. The van der Waals surface area contributed by atoms with Crippen molar-refractivity contribution in [3.8, 4) is 5.75 Å². The van der Waals surface area contributed by atoms with E-state index < -0.39 is 0 Å². The van der Waals surface area contributed by atoms with Gasteiger partial charge in [0.2, 0.25) is 0 Å². The van der Waals surface area contributed by atoms with Gasteiger partial charge >= 0.3 is 0 Å². The number of ether oxygens (including phenoxy) is 1. The predicted octanol–water partition coefficient (Wildman–Crippen LogP) is 3.06. The van der Waals surface area contributed by atoms with Gasteiger partial charge in [-0.15, -0.1) is 0 Å². The van der Waals surface area contributed by atoms with E-state index in [0.717, 1.165) is 5.75 Å². The summed E-state index contributed by atoms with van der Waals surface area (Å²) in [6.45, 7) is 11.1. The molecular weight excluding hydrogens is 198 g/mol. The minimum Gasteiger partial charge on any atom is -0.492 e. The van der Waals surface area contributed by atoms with Crippen molar-refractivity contribution >= 4 is 0 Å². The first kappa shape index (κ1) is 13.0. The van der Waals surface area contributed by atoms with Crippen LogP contribution in [0.5, 0.6) is 5.75 Å². The first-order valence-electron chi connectivity index (χ1n) is 5.76. The Labute approximate surface area is 98.8 Å². The SMILES string of the molecule is Cc1ccc(OCC(N)C(C)(C)C)c(C)c1. The molecule has 0 bridgehead atoms. The molecule has 16 heavy (non-hydrogen) atoms. The Morgan fingerprint density at radius 3 is 2.38 bits per heavy atom. The molecule has 0 fully saturated rings. The van der Waals surface area contributed by atoms with Crippen molar-refractivity contribution in [2.45, 2.75) is 40.7 Å². The zero-order valence-corrected chi connectivity index (χ0v) is 11.0. The van der Waals surface area contributed by atoms with Gasteiger partial charge < -0.3 is 10.5 Å². The second-order valence-electron chi connectivity index (χ2n) is 5.55. The Morgan fingerprint density at radius 1 is 1.25 bits per heavy atom. The summed E-state index contributed by atoms with van der Waals surface area (Å²) in [6.07, 6.45) is 0. The first-order chi connectivity index (χ1) is 7.30. The molecule has 0 heterocycles. The van der Waals surface area contributed by atoms with E-state index in [1.165, 1.54) is 11.1 Å². The Morgan fingerprint density at radius 2 is 1.88 bits per heavy atom. The molecule has 0 radical (unpaired) electrons. The van der Waals surface area contributed by atoms with Crippen LogP contribution >= 0.6 is 0 Å². The van der Waals surface area contributed by atoms with E-state index in [4.69, 9.17) is 10.5 Å². The third-order valence-corrected chi connectivity index (χ3v) is 2.86. The lowest BCUT2D eigenvalue weighted by Crippen LogP contribution is -2.40. The first-order valence-corrected chi connectivity index (χ1v) is 5.76. The normalized spacial score (nSPS) is 13.6. The van der Waals surface area contributed by atoms with Crippen LogP contribution in [0.15, 0.2) is 18.2 Å². The molecule has 1 aromatic rings. The van der Waals surface area contributed by atoms with Crippen LogP contribution in [0.4, 0.5) is 0 Å². The maximum Gasteiger partial charge on any atom is 0.122 e. The predicted molar refractivity (Wildman–Crippen MR) is 68.8 cm³/mol. The second kappa shape index (κ2) is 4.88. The van der Waals surface area contributed by atoms with Crippen molar-refractivity contribution in [3.05, 3.63) is 29.3 Å². The zero-order chi connectivity index (χ0) is 12.3. The fraction of sp³-hybridized carbons (Fsp3) is 0.571. The lowest BCUT2D eigenvalue weighted by atomic mass is 9.88. The van der Waals surface area contributed by atoms with E-state index in [-0.39, 0.29) is 11.5 Å². The Hall–Kier alpha value is -1.02. The number of benzene rings is 1. The van der Waals surface area contributed by atoms with Crippen LogP contribution in [0.3, 0.4) is 0 Å². The molecular formula is C14H23NO. The van der Waals surface area contributed by atoms with Gasteiger partial charge in [-0.3, -0.25) is 0 Å². The van der Waals surface area contributed by atoms with Crippen LogP contribution in [0.2, 0.25) is 0 Å². The number of rotatable bonds is 3. The maximum atomic E-state index is 6.05. The summed E-state index contributed by atoms with van der Waals surface area (Å²) in [5.74, 6) is 0.935. The van der Waals surface area contributed by atoms with Gasteiger partial charge in [-0.05, 0) is 30.9 Å². The molecule has 0 aromatic heterocycles. The van der Waals surface area contributed by atoms with Gasteiger partial charge in [-0.1, -0.05) is 38.5 Å². The van der Waals surface area contributed by atoms with E-state index in [2.05, 4.69) is 46.8 Å². The van der Waals surface area contributed by atoms with Crippen molar-refractivity contribution in [3.63, 3.8) is 0 Å². The third kappa shape index (κ3) is 3.53. The van der Waals surface area contributed by atoms with Gasteiger partial charge in [0.05, 0.1) is 0 Å². The smallest absolute Gasteiger partial charge is 0.122 e. The highest BCUT2D eigenvalue weighted by Gasteiger charge is 2.21. The van der Waals surface area contributed by atoms with E-state index in [1.807, 2.05) is 6.07 Å². The molecule has 1 aromatic carbocycles. The summed E-state index contributed by atoms with van der Waals surface area (Å²) in [4.78, 5) is 0. The minimum atomic E-state index is 0.0493. The third-order valence-electron chi connectivity index (χ3n) is 2.86. The standard InChI is InChI=1S/C14H23NO/c1-10-6-7-12(11(2)8-10)16-9-13(15)14(3,4)5/h6-8,13H,9,15H2,1-5H3. The van der Waals surface area contributed by atoms with Gasteiger partial charge in [-0.25, -0.2) is 0 Å². The summed E-state index contributed by atoms with van der Waals surface area (Å²) in [7, 11) is 0. The van der Waals surface area contributed by atoms with Crippen molar-refractivity contribution in [2.75, 3.05) is 6.61 Å². The highest BCUT2D eigenvalue weighted by molar-refractivity contribution is 5.35. The lowest BCUT2D eigenvalue weighted by Gasteiger charge is -2.27. The molecule has 0 spiro atoms. The Balaban J connectivity index is 2.62. The van der Waals surface area contributed by atoms with Gasteiger partial charge in [0.15, 0.2) is 0 Å². The number of nitrogens with two attached hydrogens (primary N) is 1. The minimum absolute atomic E-state index is 0.0493. The lowest BCUT2D eigenvalue weighted by molar-refractivity contribution is 0.204. The summed E-state index contributed by atoms with van der Waals surface area (Å²) in [6, 6.07) is 6.25. The molecule has 90 valence electrons. The quantitative estimate of drug-likeness (QED) is 0.851. The highest BCUT2D eigenvalue weighted by atomic mass is 16.5. The average Bonchev–Trinajstić information content (AvgIpc) is 2.14. The fourth-order valence-electron chi connectivity index (χ4n) is 1.39. The van der Waals surface area contributed by atoms with Crippen LogP contribution in [-0.4, -0.2) is 12.6 Å². The molecule has 2 heteroatoms. The van der Waals surface area contributed by atoms with Crippen molar-refractivity contribution < 1.29 is 4.74 Å².